The van der Waals surface area contributed by atoms with Gasteiger partial charge < -0.3 is 20.3 Å². The smallest absolute Gasteiger partial charge is 0.267 e. The fraction of sp³-hybridized carbons (Fsp3) is 0.792. The zero-order valence-corrected chi connectivity index (χ0v) is 19.4. The molecule has 0 radical (unpaired) electrons. The van der Waals surface area contributed by atoms with Gasteiger partial charge in [-0.3, -0.25) is 14.6 Å². The highest BCUT2D eigenvalue weighted by molar-refractivity contribution is 5.93. The average Bonchev–Trinajstić information content (AvgIpc) is 3.06. The summed E-state index contributed by atoms with van der Waals surface area (Å²) in [6.45, 7) is 13.0. The maximum atomic E-state index is 12.7. The summed E-state index contributed by atoms with van der Waals surface area (Å²) in [5.74, 6) is 0.00890. The van der Waals surface area contributed by atoms with Crippen LogP contribution in [-0.2, 0) is 9.53 Å². The molecule has 2 N–H and O–H groups in total. The Kier molecular flexibility index (Phi) is 8.04. The number of hydrogen-bond donors (Lipinski definition) is 2. The van der Waals surface area contributed by atoms with E-state index in [1.807, 2.05) is 12.2 Å². The maximum Gasteiger partial charge on any atom is 0.267 e. The molecule has 0 aromatic heterocycles. The van der Waals surface area contributed by atoms with Crippen molar-refractivity contribution in [3.63, 3.8) is 0 Å². The van der Waals surface area contributed by atoms with Crippen LogP contribution in [-0.4, -0.2) is 97.4 Å². The van der Waals surface area contributed by atoms with Gasteiger partial charge >= 0.3 is 0 Å². The number of amides is 1. The van der Waals surface area contributed by atoms with Crippen LogP contribution in [0.1, 0.15) is 46.0 Å². The second-order valence-electron chi connectivity index (χ2n) is 9.70. The number of rotatable bonds is 5. The van der Waals surface area contributed by atoms with E-state index in [9.17, 15) is 4.79 Å². The van der Waals surface area contributed by atoms with Gasteiger partial charge in [-0.1, -0.05) is 6.08 Å². The average molecular weight is 432 g/mol. The second kappa shape index (κ2) is 10.9. The molecule has 4 rings (SSSR count). The van der Waals surface area contributed by atoms with Crippen LogP contribution < -0.4 is 10.6 Å². The number of likely N-dealkylation sites (tertiary alicyclic amines) is 1. The van der Waals surface area contributed by atoms with Gasteiger partial charge in [0, 0.05) is 51.0 Å². The molecule has 4 aliphatic heterocycles. The fourth-order valence-electron chi connectivity index (χ4n) is 5.34. The van der Waals surface area contributed by atoms with Crippen LogP contribution in [0.3, 0.4) is 0 Å². The molecular formula is C24H41N5O2. The third-order valence-corrected chi connectivity index (χ3v) is 7.37. The Hall–Kier alpha value is -1.41. The first-order chi connectivity index (χ1) is 15.1. The predicted molar refractivity (Wildman–Crippen MR) is 124 cm³/mol. The van der Waals surface area contributed by atoms with Crippen molar-refractivity contribution in [1.29, 1.82) is 0 Å². The van der Waals surface area contributed by atoms with Crippen LogP contribution in [0.15, 0.2) is 23.9 Å². The Bertz CT molecular complexity index is 650. The summed E-state index contributed by atoms with van der Waals surface area (Å²) in [7, 11) is 0. The van der Waals surface area contributed by atoms with Gasteiger partial charge in [0.2, 0.25) is 0 Å². The molecule has 4 heterocycles. The molecular weight excluding hydrogens is 390 g/mol. The van der Waals surface area contributed by atoms with E-state index >= 15 is 0 Å². The van der Waals surface area contributed by atoms with E-state index in [1.165, 1.54) is 38.9 Å². The molecule has 4 aliphatic rings. The lowest BCUT2D eigenvalue weighted by Gasteiger charge is -2.40. The molecule has 0 saturated carbocycles. The molecule has 3 saturated heterocycles. The molecule has 1 amide bonds. The Labute approximate surface area is 187 Å². The number of nitrogens with zero attached hydrogens (tertiary/aromatic N) is 3. The third kappa shape index (κ3) is 6.09. The van der Waals surface area contributed by atoms with Gasteiger partial charge in [-0.05, 0) is 77.7 Å². The topological polar surface area (TPSA) is 60.1 Å². The lowest BCUT2D eigenvalue weighted by Crippen LogP contribution is -2.51. The minimum absolute atomic E-state index is 0.00890. The summed E-state index contributed by atoms with van der Waals surface area (Å²) in [5, 5.41) is 6.66. The summed E-state index contributed by atoms with van der Waals surface area (Å²) in [6.07, 6.45) is 11.8. The van der Waals surface area contributed by atoms with E-state index in [0.29, 0.717) is 11.7 Å². The first-order valence-corrected chi connectivity index (χ1v) is 12.4. The number of nitrogens with one attached hydrogen (secondary N) is 2. The Balaban J connectivity index is 1.25. The van der Waals surface area contributed by atoms with E-state index in [0.717, 1.165) is 51.7 Å². The van der Waals surface area contributed by atoms with Gasteiger partial charge in [0.05, 0.1) is 6.17 Å². The van der Waals surface area contributed by atoms with Crippen LogP contribution in [0.4, 0.5) is 0 Å². The summed E-state index contributed by atoms with van der Waals surface area (Å²) >= 11 is 0. The second-order valence-corrected chi connectivity index (χ2v) is 9.70. The van der Waals surface area contributed by atoms with Gasteiger partial charge in [0.15, 0.2) is 0 Å². The maximum absolute atomic E-state index is 12.7. The van der Waals surface area contributed by atoms with Crippen molar-refractivity contribution in [3.8, 4) is 0 Å². The van der Waals surface area contributed by atoms with E-state index in [2.05, 4.69) is 45.3 Å². The minimum Gasteiger partial charge on any atom is -0.381 e. The van der Waals surface area contributed by atoms with Crippen molar-refractivity contribution in [2.75, 3.05) is 52.5 Å². The van der Waals surface area contributed by atoms with E-state index in [-0.39, 0.29) is 18.1 Å². The largest absolute Gasteiger partial charge is 0.381 e. The van der Waals surface area contributed by atoms with Gasteiger partial charge in [-0.15, -0.1) is 0 Å². The van der Waals surface area contributed by atoms with E-state index in [1.54, 1.807) is 0 Å². The highest BCUT2D eigenvalue weighted by Crippen LogP contribution is 2.21. The van der Waals surface area contributed by atoms with Crippen molar-refractivity contribution in [2.45, 2.75) is 70.2 Å². The number of carbonyl (C=O) groups excluding carboxylic acids is 1. The van der Waals surface area contributed by atoms with Crippen LogP contribution >= 0.6 is 0 Å². The molecule has 174 valence electrons. The molecule has 0 aromatic carbocycles. The highest BCUT2D eigenvalue weighted by atomic mass is 16.5. The van der Waals surface area contributed by atoms with Crippen LogP contribution in [0.2, 0.25) is 0 Å². The first kappa shape index (κ1) is 22.8. The third-order valence-electron chi connectivity index (χ3n) is 7.37. The van der Waals surface area contributed by atoms with Crippen LogP contribution in [0.25, 0.3) is 0 Å². The summed E-state index contributed by atoms with van der Waals surface area (Å²) in [4.78, 5) is 20.6. The molecule has 0 aromatic rings. The van der Waals surface area contributed by atoms with Crippen molar-refractivity contribution in [3.05, 3.63) is 23.9 Å². The molecule has 7 nitrogen and oxygen atoms in total. The minimum atomic E-state index is 0.00890. The Morgan fingerprint density at radius 2 is 1.74 bits per heavy atom. The predicted octanol–water partition coefficient (Wildman–Crippen LogP) is 1.53. The molecule has 1 unspecified atom stereocenters. The number of carbonyl (C=O) groups is 1. The van der Waals surface area contributed by atoms with Gasteiger partial charge in [0.25, 0.3) is 5.91 Å². The summed E-state index contributed by atoms with van der Waals surface area (Å²) in [6, 6.07) is 1.61. The van der Waals surface area contributed by atoms with Crippen LogP contribution in [0, 0.1) is 0 Å². The summed E-state index contributed by atoms with van der Waals surface area (Å²) in [5.41, 5.74) is 0.682. The molecule has 31 heavy (non-hydrogen) atoms. The zero-order valence-electron chi connectivity index (χ0n) is 19.4. The number of dihydropyridines is 1. The monoisotopic (exact) mass is 431 g/mol. The molecule has 7 heteroatoms. The zero-order chi connectivity index (χ0) is 21.6. The number of ether oxygens (including phenoxy) is 1. The lowest BCUT2D eigenvalue weighted by molar-refractivity contribution is -0.119. The fourth-order valence-corrected chi connectivity index (χ4v) is 5.34. The first-order valence-electron chi connectivity index (χ1n) is 12.4. The van der Waals surface area contributed by atoms with Crippen molar-refractivity contribution >= 4 is 5.91 Å². The van der Waals surface area contributed by atoms with Gasteiger partial charge in [-0.2, -0.15) is 0 Å². The molecule has 0 aliphatic carbocycles. The normalized spacial score (nSPS) is 28.2. The Morgan fingerprint density at radius 3 is 2.48 bits per heavy atom. The number of allylic oxidation sites excluding steroid dienone is 2. The van der Waals surface area contributed by atoms with Crippen molar-refractivity contribution in [1.82, 2.24) is 25.3 Å². The van der Waals surface area contributed by atoms with Gasteiger partial charge in [0.1, 0.15) is 5.70 Å². The molecule has 3 fully saturated rings. The molecule has 0 bridgehead atoms. The highest BCUT2D eigenvalue weighted by Gasteiger charge is 2.29. The van der Waals surface area contributed by atoms with Crippen molar-refractivity contribution in [2.24, 2.45) is 0 Å². The Morgan fingerprint density at radius 1 is 1.03 bits per heavy atom. The lowest BCUT2D eigenvalue weighted by atomic mass is 10.0. The van der Waals surface area contributed by atoms with Gasteiger partial charge in [-0.25, -0.2) is 0 Å². The number of hydrogen-bond acceptors (Lipinski definition) is 6. The number of piperidine rings is 1. The van der Waals surface area contributed by atoms with Crippen LogP contribution in [0.5, 0.6) is 0 Å². The SMILES string of the molecule is CC(C)N1CCC(N2CCCN(C3C=CC=C(C(=O)NC4CCOCC4)N3)CC2)CC1. The van der Waals surface area contributed by atoms with E-state index < -0.39 is 0 Å². The summed E-state index contributed by atoms with van der Waals surface area (Å²) < 4.78 is 5.40. The molecule has 1 atom stereocenters. The van der Waals surface area contributed by atoms with Crippen molar-refractivity contribution < 1.29 is 9.53 Å². The quantitative estimate of drug-likeness (QED) is 0.689. The standard InChI is InChI=1S/C24H41N5O2/c1-19(2)27-13-7-21(8-14-27)28-11-4-12-29(16-15-28)23-6-3-5-22(26-23)24(30)25-20-9-17-31-18-10-20/h3,5-6,19-21,23,26H,4,7-18H2,1-2H3,(H,25,30). The molecule has 0 spiro atoms. The van der Waals surface area contributed by atoms with E-state index in [4.69, 9.17) is 4.74 Å².